The Bertz CT molecular complexity index is 863. The number of ether oxygens (including phenoxy) is 1. The minimum Gasteiger partial charge on any atom is -0.376 e. The average molecular weight is 383 g/mol. The topological polar surface area (TPSA) is 87.7 Å². The molecule has 3 amide bonds. The van der Waals surface area contributed by atoms with Crippen LogP contribution in [0.5, 0.6) is 0 Å². The first-order valence-corrected chi connectivity index (χ1v) is 10.1. The molecule has 4 aliphatic rings. The van der Waals surface area contributed by atoms with Crippen LogP contribution in [0.4, 0.5) is 5.69 Å². The molecule has 1 aromatic rings. The fourth-order valence-corrected chi connectivity index (χ4v) is 5.50. The number of benzene rings is 1. The summed E-state index contributed by atoms with van der Waals surface area (Å²) in [6.45, 7) is 5.00. The maximum Gasteiger partial charge on any atom is 0.250 e. The van der Waals surface area contributed by atoms with Gasteiger partial charge < -0.3 is 10.1 Å². The highest BCUT2D eigenvalue weighted by Crippen LogP contribution is 2.53. The van der Waals surface area contributed by atoms with E-state index >= 15 is 0 Å². The number of anilines is 1. The van der Waals surface area contributed by atoms with Crippen LogP contribution in [0.3, 0.4) is 0 Å². The molecule has 0 aromatic heterocycles. The maximum absolute atomic E-state index is 13.5. The third-order valence-corrected chi connectivity index (χ3v) is 6.78. The van der Waals surface area contributed by atoms with Crippen molar-refractivity contribution in [3.63, 3.8) is 0 Å². The summed E-state index contributed by atoms with van der Waals surface area (Å²) < 4.78 is 5.66. The molecular weight excluding hydrogens is 358 g/mol. The lowest BCUT2D eigenvalue weighted by Crippen LogP contribution is -2.54. The molecule has 148 valence electrons. The summed E-state index contributed by atoms with van der Waals surface area (Å²) in [5.41, 5.74) is 0.285. The zero-order valence-corrected chi connectivity index (χ0v) is 16.1. The number of rotatable bonds is 3. The van der Waals surface area contributed by atoms with Crippen molar-refractivity contribution < 1.29 is 19.1 Å². The van der Waals surface area contributed by atoms with Crippen molar-refractivity contribution in [1.82, 2.24) is 10.2 Å². The second kappa shape index (κ2) is 6.12. The average Bonchev–Trinajstić information content (AvgIpc) is 3.41. The molecule has 3 saturated heterocycles. The highest BCUT2D eigenvalue weighted by atomic mass is 16.5. The molecule has 1 unspecified atom stereocenters. The first-order valence-electron chi connectivity index (χ1n) is 10.1. The summed E-state index contributed by atoms with van der Waals surface area (Å²) in [7, 11) is 0. The number of hydrogen-bond donors (Lipinski definition) is 2. The van der Waals surface area contributed by atoms with Gasteiger partial charge in [0.2, 0.25) is 17.7 Å². The quantitative estimate of drug-likeness (QED) is 0.767. The largest absolute Gasteiger partial charge is 0.376 e. The normalized spacial score (nSPS) is 36.5. The molecule has 28 heavy (non-hydrogen) atoms. The summed E-state index contributed by atoms with van der Waals surface area (Å²) in [6, 6.07) is 7.20. The number of carbonyl (C=O) groups is 3. The Morgan fingerprint density at radius 3 is 2.71 bits per heavy atom. The Kier molecular flexibility index (Phi) is 3.90. The van der Waals surface area contributed by atoms with Crippen LogP contribution >= 0.6 is 0 Å². The highest BCUT2D eigenvalue weighted by molar-refractivity contribution is 6.15. The van der Waals surface area contributed by atoms with E-state index in [1.54, 1.807) is 0 Å². The number of likely N-dealkylation sites (tertiary alicyclic amines) is 1. The maximum atomic E-state index is 13.5. The fourth-order valence-electron chi connectivity index (χ4n) is 5.50. The summed E-state index contributed by atoms with van der Waals surface area (Å²) >= 11 is 0. The van der Waals surface area contributed by atoms with E-state index in [9.17, 15) is 14.4 Å². The minimum atomic E-state index is -1.19. The molecule has 7 heteroatoms. The number of nitrogens with one attached hydrogen (secondary N) is 2. The third-order valence-electron chi connectivity index (χ3n) is 6.78. The van der Waals surface area contributed by atoms with Gasteiger partial charge in [-0.15, -0.1) is 0 Å². The van der Waals surface area contributed by atoms with Gasteiger partial charge in [0.05, 0.1) is 24.5 Å². The SMILES string of the molecule is CC(C)[C@@H]1N[C@@]2(C(=O)Nc3ccccc32)[C@H]2C(=O)N(CC3CCCO3)C(=O)[C@@H]12. The predicted octanol–water partition coefficient (Wildman–Crippen LogP) is 1.24. The number of amides is 3. The molecule has 3 fully saturated rings. The van der Waals surface area contributed by atoms with E-state index in [2.05, 4.69) is 10.6 Å². The van der Waals surface area contributed by atoms with Gasteiger partial charge >= 0.3 is 0 Å². The van der Waals surface area contributed by atoms with E-state index in [1.165, 1.54) is 4.90 Å². The number of nitrogens with zero attached hydrogens (tertiary/aromatic N) is 1. The molecule has 0 radical (unpaired) electrons. The molecule has 0 saturated carbocycles. The van der Waals surface area contributed by atoms with Crippen LogP contribution in [-0.4, -0.2) is 47.9 Å². The predicted molar refractivity (Wildman–Crippen MR) is 101 cm³/mol. The van der Waals surface area contributed by atoms with E-state index in [0.717, 1.165) is 18.4 Å². The van der Waals surface area contributed by atoms with E-state index in [0.29, 0.717) is 12.3 Å². The number of carbonyl (C=O) groups excluding carboxylic acids is 3. The summed E-state index contributed by atoms with van der Waals surface area (Å²) in [5, 5.41) is 6.35. The van der Waals surface area contributed by atoms with Gasteiger partial charge in [-0.3, -0.25) is 24.6 Å². The van der Waals surface area contributed by atoms with E-state index < -0.39 is 17.4 Å². The van der Waals surface area contributed by atoms with Crippen LogP contribution in [0.15, 0.2) is 24.3 Å². The smallest absolute Gasteiger partial charge is 0.250 e. The van der Waals surface area contributed by atoms with Crippen LogP contribution < -0.4 is 10.6 Å². The second-order valence-corrected chi connectivity index (χ2v) is 8.65. The number of para-hydroxylation sites is 1. The van der Waals surface area contributed by atoms with Gasteiger partial charge in [0.25, 0.3) is 0 Å². The lowest BCUT2D eigenvalue weighted by molar-refractivity contribution is -0.144. The highest BCUT2D eigenvalue weighted by Gasteiger charge is 2.70. The molecular formula is C21H25N3O4. The molecule has 1 aromatic carbocycles. The van der Waals surface area contributed by atoms with Crippen molar-refractivity contribution in [1.29, 1.82) is 0 Å². The molecule has 0 aliphatic carbocycles. The van der Waals surface area contributed by atoms with Crippen LogP contribution in [-0.2, 0) is 24.7 Å². The second-order valence-electron chi connectivity index (χ2n) is 8.65. The molecule has 2 N–H and O–H groups in total. The van der Waals surface area contributed by atoms with Crippen molar-refractivity contribution >= 4 is 23.4 Å². The van der Waals surface area contributed by atoms with Crippen molar-refractivity contribution in [2.24, 2.45) is 17.8 Å². The molecule has 5 rings (SSSR count). The van der Waals surface area contributed by atoms with Crippen molar-refractivity contribution in [3.8, 4) is 0 Å². The van der Waals surface area contributed by atoms with Crippen molar-refractivity contribution in [2.45, 2.75) is 44.4 Å². The van der Waals surface area contributed by atoms with E-state index in [1.807, 2.05) is 38.1 Å². The van der Waals surface area contributed by atoms with Crippen LogP contribution in [0, 0.1) is 17.8 Å². The first kappa shape index (κ1) is 17.8. The Hall–Kier alpha value is -2.25. The Labute approximate surface area is 163 Å². The standard InChI is InChI=1S/C21H25N3O4/c1-11(2)17-15-16(19(26)24(18(15)25)10-12-6-5-9-28-12)21(23-17)13-7-3-4-8-14(13)22-20(21)27/h3-4,7-8,11-12,15-17,23H,5-6,9-10H2,1-2H3,(H,22,27)/t12?,15-,16-,17+,21-/m1/s1. The third kappa shape index (κ3) is 2.20. The Balaban J connectivity index is 1.59. The van der Waals surface area contributed by atoms with Gasteiger partial charge in [-0.05, 0) is 24.8 Å². The molecule has 1 spiro atoms. The van der Waals surface area contributed by atoms with Gasteiger partial charge in [0, 0.05) is 23.9 Å². The van der Waals surface area contributed by atoms with Gasteiger partial charge in [0.15, 0.2) is 0 Å². The van der Waals surface area contributed by atoms with Crippen molar-refractivity contribution in [3.05, 3.63) is 29.8 Å². The summed E-state index contributed by atoms with van der Waals surface area (Å²) in [6.07, 6.45) is 1.70. The van der Waals surface area contributed by atoms with Gasteiger partial charge in [-0.1, -0.05) is 32.0 Å². The van der Waals surface area contributed by atoms with Crippen molar-refractivity contribution in [2.75, 3.05) is 18.5 Å². The zero-order valence-electron chi connectivity index (χ0n) is 16.1. The Morgan fingerprint density at radius 1 is 1.21 bits per heavy atom. The van der Waals surface area contributed by atoms with Crippen LogP contribution in [0.2, 0.25) is 0 Å². The number of imide groups is 1. The summed E-state index contributed by atoms with van der Waals surface area (Å²) in [5.74, 6) is -1.83. The molecule has 4 heterocycles. The van der Waals surface area contributed by atoms with Gasteiger partial charge in [-0.25, -0.2) is 0 Å². The zero-order chi connectivity index (χ0) is 19.6. The monoisotopic (exact) mass is 383 g/mol. The minimum absolute atomic E-state index is 0.0992. The van der Waals surface area contributed by atoms with E-state index in [-0.39, 0.29) is 42.3 Å². The van der Waals surface area contributed by atoms with Crippen LogP contribution in [0.25, 0.3) is 0 Å². The van der Waals surface area contributed by atoms with E-state index in [4.69, 9.17) is 4.74 Å². The molecule has 7 nitrogen and oxygen atoms in total. The van der Waals surface area contributed by atoms with Gasteiger partial charge in [-0.2, -0.15) is 0 Å². The fraction of sp³-hybridized carbons (Fsp3) is 0.571. The Morgan fingerprint density at radius 2 is 2.00 bits per heavy atom. The number of fused-ring (bicyclic) bond motifs is 4. The lowest BCUT2D eigenvalue weighted by Gasteiger charge is -2.30. The first-order chi connectivity index (χ1) is 13.4. The number of hydrogen-bond acceptors (Lipinski definition) is 5. The lowest BCUT2D eigenvalue weighted by atomic mass is 9.76. The molecule has 5 atom stereocenters. The molecule has 0 bridgehead atoms. The van der Waals surface area contributed by atoms with Gasteiger partial charge in [0.1, 0.15) is 5.54 Å². The molecule has 4 aliphatic heterocycles. The van der Waals surface area contributed by atoms with Crippen LogP contribution in [0.1, 0.15) is 32.3 Å². The summed E-state index contributed by atoms with van der Waals surface area (Å²) in [4.78, 5) is 41.4.